The number of piperazine rings is 1. The van der Waals surface area contributed by atoms with E-state index < -0.39 is 64.5 Å². The quantitative estimate of drug-likeness (QED) is 0.260. The number of nitrogens with two attached hydrogens (primary N) is 1. The zero-order valence-corrected chi connectivity index (χ0v) is 28.5. The van der Waals surface area contributed by atoms with E-state index in [1.807, 2.05) is 4.90 Å². The second-order valence-electron chi connectivity index (χ2n) is 13.5. The maximum atomic E-state index is 16.9. The van der Waals surface area contributed by atoms with E-state index in [0.717, 1.165) is 23.4 Å². The molecule has 4 aromatic rings. The van der Waals surface area contributed by atoms with Gasteiger partial charge in [0.15, 0.2) is 5.82 Å². The van der Waals surface area contributed by atoms with E-state index in [2.05, 4.69) is 25.3 Å². The highest BCUT2D eigenvalue weighted by molar-refractivity contribution is 6.34. The molecule has 13 nitrogen and oxygen atoms in total. The molecule has 6 heterocycles. The third kappa shape index (κ3) is 6.11. The lowest BCUT2D eigenvalue weighted by molar-refractivity contribution is -0.137. The molecular formula is C32H34ClF5N10O3. The zero-order chi connectivity index (χ0) is 36.6. The second kappa shape index (κ2) is 12.6. The number of ether oxygens (including phenoxy) is 1. The average Bonchev–Trinajstić information content (AvgIpc) is 3.73. The molecule has 3 saturated heterocycles. The van der Waals surface area contributed by atoms with Crippen molar-refractivity contribution in [2.75, 3.05) is 43.4 Å². The number of aromatic nitrogens is 6. The molecule has 272 valence electrons. The second-order valence-corrected chi connectivity index (χ2v) is 13.9. The molecular weight excluding hydrogens is 703 g/mol. The van der Waals surface area contributed by atoms with Crippen molar-refractivity contribution in [3.63, 3.8) is 0 Å². The lowest BCUT2D eigenvalue weighted by Crippen LogP contribution is -2.59. The molecule has 0 bridgehead atoms. The summed E-state index contributed by atoms with van der Waals surface area (Å²) >= 11 is 6.62. The Labute approximate surface area is 293 Å². The Bertz CT molecular complexity index is 2030. The van der Waals surface area contributed by atoms with Crippen molar-refractivity contribution in [3.05, 3.63) is 40.3 Å². The van der Waals surface area contributed by atoms with Crippen molar-refractivity contribution in [3.8, 4) is 23.1 Å². The Morgan fingerprint density at radius 1 is 1.16 bits per heavy atom. The lowest BCUT2D eigenvalue weighted by Gasteiger charge is -2.44. The van der Waals surface area contributed by atoms with Gasteiger partial charge in [0.05, 0.1) is 33.6 Å². The number of carbonyl (C=O) groups excluding carboxylic acids is 1. The number of nitrogens with zero attached hydrogens (tertiary/aromatic N) is 9. The van der Waals surface area contributed by atoms with E-state index in [-0.39, 0.29) is 71.8 Å². The molecule has 3 aliphatic heterocycles. The Kier molecular flexibility index (Phi) is 8.59. The van der Waals surface area contributed by atoms with Gasteiger partial charge in [0.2, 0.25) is 0 Å². The molecule has 3 N–H and O–H groups in total. The van der Waals surface area contributed by atoms with Crippen LogP contribution in [0.3, 0.4) is 0 Å². The number of alkyl halides is 4. The van der Waals surface area contributed by atoms with Crippen molar-refractivity contribution in [1.29, 1.82) is 0 Å². The number of aromatic hydroxyl groups is 1. The van der Waals surface area contributed by atoms with Gasteiger partial charge in [-0.25, -0.2) is 18.6 Å². The normalized spacial score (nSPS) is 24.1. The van der Waals surface area contributed by atoms with Gasteiger partial charge in [-0.3, -0.25) is 4.90 Å². The van der Waals surface area contributed by atoms with Gasteiger partial charge in [0.25, 0.3) is 5.88 Å². The molecule has 7 rings (SSSR count). The lowest BCUT2D eigenvalue weighted by atomic mass is 9.95. The standard InChI is InChI=1S/C32H34ClF5N10O3/c1-15-7-21(39)40-27(24(15)32(36,37)38)23-20(33)8-19-26(25(23)35)41-29(51-14-31-5-4-6-45(31)12-18(34)9-31)42-28(19)46-10-17(3)47(11-16(46)2)30(50)48-13-22(49)43-44-48/h7-8,13,16-18,49H,4-6,9-12,14H2,1-3H3,(H2,39,40)/t16-,17+,18+,31-/m0/s1. The van der Waals surface area contributed by atoms with Crippen molar-refractivity contribution in [2.45, 2.75) is 70.0 Å². The summed E-state index contributed by atoms with van der Waals surface area (Å²) in [4.78, 5) is 31.5. The minimum atomic E-state index is -4.92. The first-order valence-corrected chi connectivity index (χ1v) is 16.7. The Hall–Kier alpha value is -4.58. The summed E-state index contributed by atoms with van der Waals surface area (Å²) in [6.45, 7) is 6.04. The van der Waals surface area contributed by atoms with Gasteiger partial charge in [0, 0.05) is 43.5 Å². The fourth-order valence-electron chi connectivity index (χ4n) is 7.71. The topological polar surface area (TPSA) is 152 Å². The number of anilines is 2. The first kappa shape index (κ1) is 34.9. The van der Waals surface area contributed by atoms with E-state index in [0.29, 0.717) is 13.0 Å². The molecule has 0 radical (unpaired) electrons. The minimum absolute atomic E-state index is 0.00755. The summed E-state index contributed by atoms with van der Waals surface area (Å²) in [5.74, 6) is -1.72. The van der Waals surface area contributed by atoms with Crippen LogP contribution in [-0.4, -0.2) is 107 Å². The van der Waals surface area contributed by atoms with Gasteiger partial charge in [-0.05, 0) is 57.9 Å². The minimum Gasteiger partial charge on any atom is -0.491 e. The highest BCUT2D eigenvalue weighted by Gasteiger charge is 2.49. The molecule has 0 spiro atoms. The van der Waals surface area contributed by atoms with Crippen molar-refractivity contribution >= 4 is 40.2 Å². The van der Waals surface area contributed by atoms with Crippen LogP contribution in [0, 0.1) is 12.7 Å². The van der Waals surface area contributed by atoms with Crippen LogP contribution in [-0.2, 0) is 6.18 Å². The number of amides is 1. The SMILES string of the molecule is Cc1cc(N)nc(-c2c(Cl)cc3c(N4C[C@@H](C)N(C(=O)n5cc(O)nn5)C[C@@H]4C)nc(OC[C@@]45CCCN4C[C@H](F)C5)nc3c2F)c1C(F)(F)F. The maximum absolute atomic E-state index is 16.9. The first-order chi connectivity index (χ1) is 24.1. The monoisotopic (exact) mass is 736 g/mol. The fourth-order valence-corrected chi connectivity index (χ4v) is 7.99. The fraction of sp³-hybridized carbons (Fsp3) is 0.500. The number of nitrogen functional groups attached to an aromatic ring is 1. The summed E-state index contributed by atoms with van der Waals surface area (Å²) in [5, 5.41) is 16.4. The molecule has 3 aliphatic rings. The summed E-state index contributed by atoms with van der Waals surface area (Å²) in [6.07, 6.45) is -3.11. The van der Waals surface area contributed by atoms with Crippen LogP contribution >= 0.6 is 11.6 Å². The summed E-state index contributed by atoms with van der Waals surface area (Å²) in [5.41, 5.74) is 1.95. The van der Waals surface area contributed by atoms with Gasteiger partial charge in [0.1, 0.15) is 29.9 Å². The van der Waals surface area contributed by atoms with E-state index in [1.54, 1.807) is 18.7 Å². The Morgan fingerprint density at radius 2 is 1.92 bits per heavy atom. The average molecular weight is 737 g/mol. The molecule has 3 fully saturated rings. The number of carbonyl (C=O) groups is 1. The molecule has 1 aromatic carbocycles. The number of pyridine rings is 1. The van der Waals surface area contributed by atoms with E-state index >= 15 is 4.39 Å². The van der Waals surface area contributed by atoms with Crippen LogP contribution < -0.4 is 15.4 Å². The highest BCUT2D eigenvalue weighted by atomic mass is 35.5. The molecule has 0 saturated carbocycles. The zero-order valence-electron chi connectivity index (χ0n) is 27.8. The molecule has 3 aromatic heterocycles. The number of rotatable bonds is 5. The van der Waals surface area contributed by atoms with Crippen LogP contribution in [0.2, 0.25) is 5.02 Å². The largest absolute Gasteiger partial charge is 0.491 e. The predicted molar refractivity (Wildman–Crippen MR) is 176 cm³/mol. The maximum Gasteiger partial charge on any atom is 0.418 e. The number of hydrogen-bond donors (Lipinski definition) is 2. The van der Waals surface area contributed by atoms with Crippen molar-refractivity contribution in [2.24, 2.45) is 0 Å². The number of fused-ring (bicyclic) bond motifs is 2. The Balaban J connectivity index is 1.34. The van der Waals surface area contributed by atoms with Crippen LogP contribution in [0.4, 0.5) is 38.4 Å². The van der Waals surface area contributed by atoms with Crippen molar-refractivity contribution in [1.82, 2.24) is 39.7 Å². The summed E-state index contributed by atoms with van der Waals surface area (Å²) in [6, 6.07) is 0.581. The van der Waals surface area contributed by atoms with Gasteiger partial charge >= 0.3 is 18.2 Å². The van der Waals surface area contributed by atoms with Gasteiger partial charge < -0.3 is 25.4 Å². The summed E-state index contributed by atoms with van der Waals surface area (Å²) in [7, 11) is 0. The van der Waals surface area contributed by atoms with Crippen LogP contribution in [0.1, 0.15) is 44.2 Å². The first-order valence-electron chi connectivity index (χ1n) is 16.3. The third-order valence-electron chi connectivity index (χ3n) is 10.0. The number of benzene rings is 1. The molecule has 19 heteroatoms. The molecule has 51 heavy (non-hydrogen) atoms. The van der Waals surface area contributed by atoms with Crippen LogP contribution in [0.15, 0.2) is 18.3 Å². The molecule has 1 amide bonds. The van der Waals surface area contributed by atoms with Crippen molar-refractivity contribution < 1.29 is 36.6 Å². The number of hydrogen-bond acceptors (Lipinski definition) is 11. The number of halogens is 6. The molecule has 0 aliphatic carbocycles. The van der Waals surface area contributed by atoms with Gasteiger partial charge in [-0.2, -0.15) is 27.8 Å². The van der Waals surface area contributed by atoms with E-state index in [1.165, 1.54) is 17.9 Å². The van der Waals surface area contributed by atoms with Crippen LogP contribution in [0.25, 0.3) is 22.2 Å². The van der Waals surface area contributed by atoms with E-state index in [4.69, 9.17) is 22.1 Å². The van der Waals surface area contributed by atoms with E-state index in [9.17, 15) is 27.5 Å². The third-order valence-corrected chi connectivity index (χ3v) is 10.3. The van der Waals surface area contributed by atoms with Gasteiger partial charge in [-0.15, -0.1) is 0 Å². The van der Waals surface area contributed by atoms with Gasteiger partial charge in [-0.1, -0.05) is 21.9 Å². The number of aryl methyl sites for hydroxylation is 1. The smallest absolute Gasteiger partial charge is 0.418 e. The molecule has 0 unspecified atom stereocenters. The highest BCUT2D eigenvalue weighted by Crippen LogP contribution is 2.45. The predicted octanol–water partition coefficient (Wildman–Crippen LogP) is 5.21. The Morgan fingerprint density at radius 3 is 2.63 bits per heavy atom. The summed E-state index contributed by atoms with van der Waals surface area (Å²) < 4.78 is 81.5. The molecule has 4 atom stereocenters. The van der Waals surface area contributed by atoms with Crippen LogP contribution in [0.5, 0.6) is 11.9 Å².